The molecule has 1 aliphatic heterocycles. The van der Waals surface area contributed by atoms with E-state index >= 15 is 0 Å². The molecular weight excluding hydrogens is 310 g/mol. The van der Waals surface area contributed by atoms with Gasteiger partial charge < -0.3 is 4.74 Å². The fourth-order valence-electron chi connectivity index (χ4n) is 2.06. The van der Waals surface area contributed by atoms with Crippen LogP contribution in [0.2, 0.25) is 0 Å². The summed E-state index contributed by atoms with van der Waals surface area (Å²) in [6, 6.07) is 7.44. The van der Waals surface area contributed by atoms with E-state index in [1.165, 1.54) is 4.90 Å². The predicted octanol–water partition coefficient (Wildman–Crippen LogP) is 2.61. The summed E-state index contributed by atoms with van der Waals surface area (Å²) in [6.07, 6.45) is 0.897. The van der Waals surface area contributed by atoms with Gasteiger partial charge in [0.25, 0.3) is 0 Å². The topological polar surface area (TPSA) is 46.6 Å². The maximum Gasteiger partial charge on any atom is 0.229 e. The van der Waals surface area contributed by atoms with E-state index in [-0.39, 0.29) is 17.7 Å². The molecule has 0 aromatic heterocycles. The number of amides is 2. The molecule has 0 unspecified atom stereocenters. The van der Waals surface area contributed by atoms with Gasteiger partial charge in [-0.25, -0.2) is 0 Å². The lowest BCUT2D eigenvalue weighted by molar-refractivity contribution is -0.150. The van der Waals surface area contributed by atoms with Crippen molar-refractivity contribution in [3.8, 4) is 5.75 Å². The number of benzene rings is 1. The molecule has 0 radical (unpaired) electrons. The van der Waals surface area contributed by atoms with Crippen LogP contribution >= 0.6 is 15.9 Å². The van der Waals surface area contributed by atoms with Crippen LogP contribution in [0.5, 0.6) is 5.75 Å². The number of imide groups is 1. The molecule has 0 spiro atoms. The van der Waals surface area contributed by atoms with Crippen molar-refractivity contribution in [1.82, 2.24) is 4.90 Å². The summed E-state index contributed by atoms with van der Waals surface area (Å²) in [4.78, 5) is 24.8. The van der Waals surface area contributed by atoms with E-state index in [0.29, 0.717) is 26.0 Å². The third-order valence-electron chi connectivity index (χ3n) is 3.05. The fourth-order valence-corrected chi connectivity index (χ4v) is 2.33. The number of carbonyl (C=O) groups excluding carboxylic acids is 2. The fraction of sp³-hybridized carbons (Fsp3) is 0.429. The van der Waals surface area contributed by atoms with Crippen molar-refractivity contribution in [2.75, 3.05) is 13.2 Å². The summed E-state index contributed by atoms with van der Waals surface area (Å²) in [5, 5.41) is 0. The minimum absolute atomic E-state index is 0.0943. The zero-order valence-electron chi connectivity index (χ0n) is 10.8. The van der Waals surface area contributed by atoms with E-state index in [1.807, 2.05) is 31.2 Å². The molecule has 2 rings (SSSR count). The molecule has 19 heavy (non-hydrogen) atoms. The molecule has 0 atom stereocenters. The first-order valence-electron chi connectivity index (χ1n) is 6.28. The quantitative estimate of drug-likeness (QED) is 0.799. The maximum atomic E-state index is 11.7. The molecule has 1 fully saturated rings. The molecule has 0 aliphatic carbocycles. The Labute approximate surface area is 120 Å². The third kappa shape index (κ3) is 3.80. The minimum Gasteiger partial charge on any atom is -0.492 e. The van der Waals surface area contributed by atoms with Crippen LogP contribution in [0.25, 0.3) is 0 Å². The van der Waals surface area contributed by atoms with Gasteiger partial charge in [0.2, 0.25) is 11.8 Å². The number of likely N-dealkylation sites (tertiary alicyclic amines) is 1. The summed E-state index contributed by atoms with van der Waals surface area (Å²) >= 11 is 3.34. The number of rotatable bonds is 4. The normalized spacial score (nSPS) is 16.8. The maximum absolute atomic E-state index is 11.7. The molecule has 1 aliphatic rings. The minimum atomic E-state index is -0.0943. The van der Waals surface area contributed by atoms with Crippen LogP contribution in [0, 0.1) is 5.92 Å². The van der Waals surface area contributed by atoms with Crippen LogP contribution in [0.4, 0.5) is 0 Å². The molecule has 5 heteroatoms. The van der Waals surface area contributed by atoms with Gasteiger partial charge in [0, 0.05) is 17.3 Å². The molecule has 1 saturated heterocycles. The SMILES string of the molecule is CC1CC(=O)N(CCOc2ccc(Br)cc2)C(=O)C1. The highest BCUT2D eigenvalue weighted by Gasteiger charge is 2.29. The van der Waals surface area contributed by atoms with E-state index in [9.17, 15) is 9.59 Å². The van der Waals surface area contributed by atoms with Gasteiger partial charge in [-0.1, -0.05) is 22.9 Å². The van der Waals surface area contributed by atoms with Crippen LogP contribution in [0.1, 0.15) is 19.8 Å². The number of hydrogen-bond donors (Lipinski definition) is 0. The Hall–Kier alpha value is -1.36. The molecule has 102 valence electrons. The summed E-state index contributed by atoms with van der Waals surface area (Å²) in [5.74, 6) is 0.698. The first kappa shape index (κ1) is 14.1. The van der Waals surface area contributed by atoms with Crippen LogP contribution in [-0.2, 0) is 9.59 Å². The summed E-state index contributed by atoms with van der Waals surface area (Å²) < 4.78 is 6.50. The van der Waals surface area contributed by atoms with Crippen molar-refractivity contribution in [2.45, 2.75) is 19.8 Å². The van der Waals surface area contributed by atoms with Crippen molar-refractivity contribution >= 4 is 27.7 Å². The van der Waals surface area contributed by atoms with Crippen molar-refractivity contribution in [2.24, 2.45) is 5.92 Å². The van der Waals surface area contributed by atoms with Crippen molar-refractivity contribution in [1.29, 1.82) is 0 Å². The highest BCUT2D eigenvalue weighted by Crippen LogP contribution is 2.19. The lowest BCUT2D eigenvalue weighted by Crippen LogP contribution is -2.44. The Kier molecular flexibility index (Phi) is 4.58. The van der Waals surface area contributed by atoms with Gasteiger partial charge in [-0.2, -0.15) is 0 Å². The first-order chi connectivity index (χ1) is 9.06. The second-order valence-electron chi connectivity index (χ2n) is 4.75. The first-order valence-corrected chi connectivity index (χ1v) is 7.07. The van der Waals surface area contributed by atoms with Gasteiger partial charge in [0.15, 0.2) is 0 Å². The number of piperidine rings is 1. The standard InChI is InChI=1S/C14H16BrNO3/c1-10-8-13(17)16(14(18)9-10)6-7-19-12-4-2-11(15)3-5-12/h2-5,10H,6-9H2,1H3. The van der Waals surface area contributed by atoms with E-state index in [2.05, 4.69) is 15.9 Å². The molecule has 1 heterocycles. The van der Waals surface area contributed by atoms with Gasteiger partial charge >= 0.3 is 0 Å². The Balaban J connectivity index is 1.83. The van der Waals surface area contributed by atoms with Crippen molar-refractivity contribution < 1.29 is 14.3 Å². The van der Waals surface area contributed by atoms with Gasteiger partial charge in [-0.3, -0.25) is 14.5 Å². The second-order valence-corrected chi connectivity index (χ2v) is 5.67. The van der Waals surface area contributed by atoms with E-state index in [0.717, 1.165) is 10.2 Å². The molecular formula is C14H16BrNO3. The van der Waals surface area contributed by atoms with Gasteiger partial charge in [0.05, 0.1) is 6.54 Å². The zero-order valence-corrected chi connectivity index (χ0v) is 12.4. The van der Waals surface area contributed by atoms with E-state index < -0.39 is 0 Å². The lowest BCUT2D eigenvalue weighted by atomic mass is 9.98. The van der Waals surface area contributed by atoms with Gasteiger partial charge in [-0.15, -0.1) is 0 Å². The summed E-state index contributed by atoms with van der Waals surface area (Å²) in [7, 11) is 0. The highest BCUT2D eigenvalue weighted by molar-refractivity contribution is 9.10. The molecule has 0 bridgehead atoms. The van der Waals surface area contributed by atoms with Crippen LogP contribution in [0.15, 0.2) is 28.7 Å². The van der Waals surface area contributed by atoms with E-state index in [1.54, 1.807) is 0 Å². The molecule has 1 aromatic carbocycles. The van der Waals surface area contributed by atoms with Gasteiger partial charge in [0.1, 0.15) is 12.4 Å². The van der Waals surface area contributed by atoms with E-state index in [4.69, 9.17) is 4.74 Å². The van der Waals surface area contributed by atoms with Crippen LogP contribution in [-0.4, -0.2) is 29.9 Å². The number of halogens is 1. The number of hydrogen-bond acceptors (Lipinski definition) is 3. The molecule has 0 N–H and O–H groups in total. The van der Waals surface area contributed by atoms with Crippen LogP contribution in [0.3, 0.4) is 0 Å². The highest BCUT2D eigenvalue weighted by atomic mass is 79.9. The predicted molar refractivity (Wildman–Crippen MR) is 74.8 cm³/mol. The summed E-state index contributed by atoms with van der Waals surface area (Å²) in [6.45, 7) is 2.57. The number of carbonyl (C=O) groups is 2. The Morgan fingerprint density at radius 3 is 2.37 bits per heavy atom. The molecule has 1 aromatic rings. The smallest absolute Gasteiger partial charge is 0.229 e. The number of nitrogens with zero attached hydrogens (tertiary/aromatic N) is 1. The zero-order chi connectivity index (χ0) is 13.8. The molecule has 0 saturated carbocycles. The summed E-state index contributed by atoms with van der Waals surface area (Å²) in [5.41, 5.74) is 0. The van der Waals surface area contributed by atoms with Crippen LogP contribution < -0.4 is 4.74 Å². The molecule has 4 nitrogen and oxygen atoms in total. The Morgan fingerprint density at radius 2 is 1.79 bits per heavy atom. The monoisotopic (exact) mass is 325 g/mol. The van der Waals surface area contributed by atoms with Gasteiger partial charge in [-0.05, 0) is 30.2 Å². The Morgan fingerprint density at radius 1 is 1.21 bits per heavy atom. The van der Waals surface area contributed by atoms with Crippen molar-refractivity contribution in [3.05, 3.63) is 28.7 Å². The molecule has 2 amide bonds. The van der Waals surface area contributed by atoms with Crippen molar-refractivity contribution in [3.63, 3.8) is 0 Å². The Bertz CT molecular complexity index is 454. The third-order valence-corrected chi connectivity index (χ3v) is 3.57. The average molecular weight is 326 g/mol. The largest absolute Gasteiger partial charge is 0.492 e. The second kappa shape index (κ2) is 6.19. The average Bonchev–Trinajstić information content (AvgIpc) is 2.34. The lowest BCUT2D eigenvalue weighted by Gasteiger charge is -2.28. The number of ether oxygens (including phenoxy) is 1.